The number of esters is 1. The highest BCUT2D eigenvalue weighted by atomic mass is 79.9. The number of hydrogen-bond acceptors (Lipinski definition) is 8. The molecule has 0 atom stereocenters. The number of furan rings is 1. The molecule has 0 saturated carbocycles. The van der Waals surface area contributed by atoms with Crippen molar-refractivity contribution < 1.29 is 23.7 Å². The quantitative estimate of drug-likeness (QED) is 0.129. The standard InChI is InChI=1S/C27H25BrN4O6S/c1-2-37-26(34)19-5-10-22(23(17-19)32(35)36)30-13-15-31(16-14-30)27(39)29-25(33)12-9-21-8-11-24(38-21)18-3-6-20(28)7-4-18/h3-12,17H,2,13-16H2,1H3,(H,29,33,39)/b12-9+. The van der Waals surface area contributed by atoms with Crippen LogP contribution in [0.25, 0.3) is 17.4 Å². The van der Waals surface area contributed by atoms with Crippen molar-refractivity contribution in [2.75, 3.05) is 37.7 Å². The van der Waals surface area contributed by atoms with E-state index in [1.54, 1.807) is 25.1 Å². The fraction of sp³-hybridized carbons (Fsp3) is 0.222. The van der Waals surface area contributed by atoms with Gasteiger partial charge in [-0.25, -0.2) is 4.79 Å². The number of amides is 1. The summed E-state index contributed by atoms with van der Waals surface area (Å²) in [5.74, 6) is 0.211. The number of halogens is 1. The van der Waals surface area contributed by atoms with E-state index >= 15 is 0 Å². The first-order valence-electron chi connectivity index (χ1n) is 12.1. The van der Waals surface area contributed by atoms with Crippen molar-refractivity contribution >= 4 is 62.6 Å². The minimum atomic E-state index is -0.607. The number of anilines is 1. The number of ether oxygens (including phenoxy) is 1. The van der Waals surface area contributed by atoms with Crippen LogP contribution >= 0.6 is 28.1 Å². The zero-order valence-electron chi connectivity index (χ0n) is 21.0. The van der Waals surface area contributed by atoms with Crippen molar-refractivity contribution in [1.29, 1.82) is 0 Å². The van der Waals surface area contributed by atoms with Crippen molar-refractivity contribution in [3.05, 3.63) is 86.6 Å². The number of piperazine rings is 1. The predicted octanol–water partition coefficient (Wildman–Crippen LogP) is 5.03. The van der Waals surface area contributed by atoms with E-state index in [1.807, 2.05) is 40.1 Å². The van der Waals surface area contributed by atoms with Crippen LogP contribution < -0.4 is 10.2 Å². The molecule has 0 radical (unpaired) electrons. The number of nitro benzene ring substituents is 1. The second-order valence-electron chi connectivity index (χ2n) is 8.49. The molecular formula is C27H25BrN4O6S. The van der Waals surface area contributed by atoms with E-state index in [-0.39, 0.29) is 23.0 Å². The van der Waals surface area contributed by atoms with Gasteiger partial charge in [0.25, 0.3) is 5.69 Å². The second kappa shape index (κ2) is 12.7. The summed E-state index contributed by atoms with van der Waals surface area (Å²) in [5, 5.41) is 14.6. The Kier molecular flexibility index (Phi) is 9.10. The van der Waals surface area contributed by atoms with Gasteiger partial charge in [0, 0.05) is 48.4 Å². The van der Waals surface area contributed by atoms with Crippen LogP contribution in [0.5, 0.6) is 0 Å². The van der Waals surface area contributed by atoms with Gasteiger partial charge in [-0.05, 0) is 61.6 Å². The Bertz CT molecular complexity index is 1410. The number of nitrogens with one attached hydrogen (secondary N) is 1. The number of nitro groups is 1. The zero-order valence-corrected chi connectivity index (χ0v) is 23.4. The van der Waals surface area contributed by atoms with Crippen molar-refractivity contribution in [1.82, 2.24) is 10.2 Å². The molecule has 1 aliphatic rings. The van der Waals surface area contributed by atoms with Gasteiger partial charge in [-0.3, -0.25) is 20.2 Å². The number of thiocarbonyl (C=S) groups is 1. The average Bonchev–Trinajstić information content (AvgIpc) is 3.41. The summed E-state index contributed by atoms with van der Waals surface area (Å²) in [6.45, 7) is 3.64. The summed E-state index contributed by atoms with van der Waals surface area (Å²) < 4.78 is 11.7. The molecule has 2 heterocycles. The van der Waals surface area contributed by atoms with Crippen LogP contribution in [0.15, 0.2) is 69.6 Å². The largest absolute Gasteiger partial charge is 0.462 e. The Labute approximate surface area is 238 Å². The lowest BCUT2D eigenvalue weighted by Crippen LogP contribution is -2.52. The predicted molar refractivity (Wildman–Crippen MR) is 154 cm³/mol. The Morgan fingerprint density at radius 2 is 1.85 bits per heavy atom. The number of nitrogens with zero attached hydrogens (tertiary/aromatic N) is 3. The highest BCUT2D eigenvalue weighted by Gasteiger charge is 2.26. The summed E-state index contributed by atoms with van der Waals surface area (Å²) in [4.78, 5) is 39.3. The van der Waals surface area contributed by atoms with E-state index < -0.39 is 16.8 Å². The fourth-order valence-electron chi connectivity index (χ4n) is 4.02. The number of hydrogen-bond donors (Lipinski definition) is 1. The average molecular weight is 613 g/mol. The Morgan fingerprint density at radius 1 is 1.13 bits per heavy atom. The smallest absolute Gasteiger partial charge is 0.338 e. The van der Waals surface area contributed by atoms with Gasteiger partial charge in [0.2, 0.25) is 5.91 Å². The molecule has 1 aromatic heterocycles. The third kappa shape index (κ3) is 7.09. The third-order valence-electron chi connectivity index (χ3n) is 5.98. The third-order valence-corrected chi connectivity index (χ3v) is 6.86. The molecule has 1 aliphatic heterocycles. The van der Waals surface area contributed by atoms with Gasteiger partial charge in [-0.1, -0.05) is 28.1 Å². The van der Waals surface area contributed by atoms with Crippen LogP contribution in [0.3, 0.4) is 0 Å². The number of carbonyl (C=O) groups is 2. The molecule has 10 nitrogen and oxygen atoms in total. The Morgan fingerprint density at radius 3 is 2.51 bits per heavy atom. The minimum Gasteiger partial charge on any atom is -0.462 e. The van der Waals surface area contributed by atoms with Crippen molar-refractivity contribution in [3.8, 4) is 11.3 Å². The SMILES string of the molecule is CCOC(=O)c1ccc(N2CCN(C(=S)NC(=O)/C=C/c3ccc(-c4ccc(Br)cc4)o3)CC2)c([N+](=O)[O-])c1. The van der Waals surface area contributed by atoms with Gasteiger partial charge in [0.15, 0.2) is 5.11 Å². The molecule has 1 saturated heterocycles. The molecule has 39 heavy (non-hydrogen) atoms. The van der Waals surface area contributed by atoms with Crippen molar-refractivity contribution in [2.45, 2.75) is 6.92 Å². The van der Waals surface area contributed by atoms with Crippen LogP contribution in [0.2, 0.25) is 0 Å². The Balaban J connectivity index is 1.31. The molecule has 2 aromatic carbocycles. The lowest BCUT2D eigenvalue weighted by Gasteiger charge is -2.36. The maximum atomic E-state index is 12.4. The lowest BCUT2D eigenvalue weighted by molar-refractivity contribution is -0.384. The molecule has 3 aromatic rings. The summed E-state index contributed by atoms with van der Waals surface area (Å²) in [6.07, 6.45) is 2.92. The summed E-state index contributed by atoms with van der Waals surface area (Å²) in [7, 11) is 0. The molecule has 1 fully saturated rings. The number of benzene rings is 2. The number of rotatable bonds is 7. The van der Waals surface area contributed by atoms with E-state index in [9.17, 15) is 19.7 Å². The van der Waals surface area contributed by atoms with Crippen LogP contribution in [0.1, 0.15) is 23.0 Å². The molecule has 0 spiro atoms. The molecule has 12 heteroatoms. The zero-order chi connectivity index (χ0) is 27.9. The van der Waals surface area contributed by atoms with Gasteiger partial charge in [0.1, 0.15) is 17.2 Å². The maximum absolute atomic E-state index is 12.4. The van der Waals surface area contributed by atoms with Crippen molar-refractivity contribution in [3.63, 3.8) is 0 Å². The molecule has 202 valence electrons. The fourth-order valence-corrected chi connectivity index (χ4v) is 4.57. The summed E-state index contributed by atoms with van der Waals surface area (Å²) in [5.41, 5.74) is 1.28. The number of carbonyl (C=O) groups excluding carboxylic acids is 2. The van der Waals surface area contributed by atoms with Crippen LogP contribution in [-0.2, 0) is 9.53 Å². The van der Waals surface area contributed by atoms with Crippen LogP contribution in [-0.4, -0.2) is 59.6 Å². The first-order valence-corrected chi connectivity index (χ1v) is 13.3. The van der Waals surface area contributed by atoms with Gasteiger partial charge >= 0.3 is 5.97 Å². The van der Waals surface area contributed by atoms with Gasteiger partial charge in [-0.2, -0.15) is 0 Å². The van der Waals surface area contributed by atoms with Crippen LogP contribution in [0, 0.1) is 10.1 Å². The van der Waals surface area contributed by atoms with E-state index in [4.69, 9.17) is 21.4 Å². The summed E-state index contributed by atoms with van der Waals surface area (Å²) >= 11 is 8.81. The first-order chi connectivity index (χ1) is 18.7. The minimum absolute atomic E-state index is 0.127. The molecule has 0 unspecified atom stereocenters. The highest BCUT2D eigenvalue weighted by Crippen LogP contribution is 2.30. The van der Waals surface area contributed by atoms with E-state index in [0.717, 1.165) is 10.0 Å². The highest BCUT2D eigenvalue weighted by molar-refractivity contribution is 9.10. The van der Waals surface area contributed by atoms with Crippen molar-refractivity contribution in [2.24, 2.45) is 0 Å². The first kappa shape index (κ1) is 28.0. The van der Waals surface area contributed by atoms with E-state index in [2.05, 4.69) is 21.2 Å². The second-order valence-corrected chi connectivity index (χ2v) is 9.79. The molecule has 4 rings (SSSR count). The molecule has 1 amide bonds. The molecule has 0 bridgehead atoms. The molecular weight excluding hydrogens is 588 g/mol. The monoisotopic (exact) mass is 612 g/mol. The lowest BCUT2D eigenvalue weighted by atomic mass is 10.1. The summed E-state index contributed by atoms with van der Waals surface area (Å²) in [6, 6.07) is 15.6. The Hall–Kier alpha value is -4.03. The van der Waals surface area contributed by atoms with Gasteiger partial charge in [0.05, 0.1) is 17.1 Å². The maximum Gasteiger partial charge on any atom is 0.338 e. The van der Waals surface area contributed by atoms with E-state index in [1.165, 1.54) is 18.2 Å². The normalized spacial score (nSPS) is 13.4. The van der Waals surface area contributed by atoms with E-state index in [0.29, 0.717) is 43.4 Å². The van der Waals surface area contributed by atoms with Gasteiger partial charge in [-0.15, -0.1) is 0 Å². The van der Waals surface area contributed by atoms with Crippen LogP contribution in [0.4, 0.5) is 11.4 Å². The molecule has 0 aliphatic carbocycles. The molecule has 1 N–H and O–H groups in total. The topological polar surface area (TPSA) is 118 Å². The van der Waals surface area contributed by atoms with Gasteiger partial charge < -0.3 is 19.0 Å².